The number of carbonyl (C=O) groups is 2. The van der Waals surface area contributed by atoms with E-state index < -0.39 is 11.8 Å². The van der Waals surface area contributed by atoms with Crippen molar-refractivity contribution in [2.75, 3.05) is 13.1 Å². The van der Waals surface area contributed by atoms with Crippen molar-refractivity contribution in [1.82, 2.24) is 10.6 Å². The number of aryl methyl sites for hydroxylation is 1. The zero-order valence-corrected chi connectivity index (χ0v) is 11.1. The lowest BCUT2D eigenvalue weighted by Crippen LogP contribution is -2.46. The summed E-state index contributed by atoms with van der Waals surface area (Å²) in [6.07, 6.45) is 0. The molecule has 0 saturated heterocycles. The number of amidine groups is 1. The molecule has 19 heavy (non-hydrogen) atoms. The van der Waals surface area contributed by atoms with Gasteiger partial charge in [0.1, 0.15) is 11.8 Å². The number of nitrogens with one attached hydrogen (secondary N) is 2. The lowest BCUT2D eigenvalue weighted by molar-refractivity contribution is -0.129. The van der Waals surface area contributed by atoms with Gasteiger partial charge in [0.2, 0.25) is 5.91 Å². The van der Waals surface area contributed by atoms with Crippen LogP contribution in [0.1, 0.15) is 24.0 Å². The molecular formula is C14H17N3O2. The van der Waals surface area contributed by atoms with Crippen molar-refractivity contribution >= 4 is 17.6 Å². The molecular weight excluding hydrogens is 242 g/mol. The van der Waals surface area contributed by atoms with Gasteiger partial charge in [0.15, 0.2) is 0 Å². The molecule has 5 nitrogen and oxygen atoms in total. The fourth-order valence-corrected chi connectivity index (χ4v) is 2.06. The van der Waals surface area contributed by atoms with Crippen LogP contribution in [0.4, 0.5) is 0 Å². The summed E-state index contributed by atoms with van der Waals surface area (Å²) in [6.45, 7) is 4.98. The Kier molecular flexibility index (Phi) is 4.06. The summed E-state index contributed by atoms with van der Waals surface area (Å²) in [5.74, 6) is -1.14. The molecule has 1 unspecified atom stereocenters. The van der Waals surface area contributed by atoms with Gasteiger partial charge in [-0.05, 0) is 24.6 Å². The maximum absolute atomic E-state index is 12.1. The van der Waals surface area contributed by atoms with Crippen LogP contribution < -0.4 is 10.6 Å². The van der Waals surface area contributed by atoms with Gasteiger partial charge in [0.25, 0.3) is 5.91 Å². The molecule has 0 radical (unpaired) electrons. The second-order valence-corrected chi connectivity index (χ2v) is 4.46. The molecule has 1 aliphatic heterocycles. The third kappa shape index (κ3) is 2.88. The van der Waals surface area contributed by atoms with Crippen molar-refractivity contribution in [3.8, 4) is 0 Å². The smallest absolute Gasteiger partial charge is 0.264 e. The topological polar surface area (TPSA) is 70.6 Å². The van der Waals surface area contributed by atoms with Crippen LogP contribution >= 0.6 is 0 Å². The lowest BCUT2D eigenvalue weighted by Gasteiger charge is -2.21. The molecule has 0 aliphatic carbocycles. The Hall–Kier alpha value is -2.01. The van der Waals surface area contributed by atoms with Crippen LogP contribution in [-0.2, 0) is 9.59 Å². The van der Waals surface area contributed by atoms with E-state index in [9.17, 15) is 9.59 Å². The Morgan fingerprint density at radius 2 is 2.05 bits per heavy atom. The number of hydrogen-bond donors (Lipinski definition) is 2. The predicted octanol–water partition coefficient (Wildman–Crippen LogP) is 0.743. The Morgan fingerprint density at radius 1 is 1.32 bits per heavy atom. The molecule has 1 heterocycles. The molecule has 2 amide bonds. The van der Waals surface area contributed by atoms with Gasteiger partial charge < -0.3 is 10.6 Å². The number of carbonyl (C=O) groups excluding carboxylic acids is 2. The Morgan fingerprint density at radius 3 is 2.68 bits per heavy atom. The molecule has 2 N–H and O–H groups in total. The average Bonchev–Trinajstić information content (AvgIpc) is 2.38. The minimum absolute atomic E-state index is 0.304. The third-order valence-electron chi connectivity index (χ3n) is 3.06. The number of nitrogens with zero attached hydrogens (tertiary/aromatic N) is 1. The number of likely N-dealkylation sites (N-methyl/N-ethyl adjacent to an activating group) is 1. The molecule has 100 valence electrons. The van der Waals surface area contributed by atoms with Gasteiger partial charge in [0.05, 0.1) is 6.54 Å². The normalized spacial score (nSPS) is 19.1. The van der Waals surface area contributed by atoms with Gasteiger partial charge >= 0.3 is 0 Å². The van der Waals surface area contributed by atoms with Gasteiger partial charge in [-0.25, -0.2) is 0 Å². The van der Waals surface area contributed by atoms with E-state index in [-0.39, 0.29) is 5.91 Å². The minimum Gasteiger partial charge on any atom is -0.312 e. The summed E-state index contributed by atoms with van der Waals surface area (Å²) in [5, 5.41) is 5.71. The van der Waals surface area contributed by atoms with Crippen LogP contribution in [0.25, 0.3) is 0 Å². The standard InChI is InChI=1S/C14H17N3O2/c1-3-15-8-11-16-13(18)12(14(19)17-11)10-7-5-4-6-9(10)2/h4-7,12,15H,3,8H2,1-2H3,(H,16,17,18,19). The molecule has 1 aromatic rings. The van der Waals surface area contributed by atoms with E-state index in [1.807, 2.05) is 32.0 Å². The van der Waals surface area contributed by atoms with E-state index in [4.69, 9.17) is 0 Å². The van der Waals surface area contributed by atoms with Crippen LogP contribution in [0.5, 0.6) is 0 Å². The van der Waals surface area contributed by atoms with Gasteiger partial charge in [-0.3, -0.25) is 9.59 Å². The van der Waals surface area contributed by atoms with Crippen molar-refractivity contribution in [2.45, 2.75) is 19.8 Å². The minimum atomic E-state index is -0.827. The van der Waals surface area contributed by atoms with E-state index >= 15 is 0 Å². The first-order valence-electron chi connectivity index (χ1n) is 6.32. The summed E-state index contributed by atoms with van der Waals surface area (Å²) < 4.78 is 0. The summed E-state index contributed by atoms with van der Waals surface area (Å²) in [4.78, 5) is 28.1. The van der Waals surface area contributed by atoms with E-state index in [2.05, 4.69) is 15.6 Å². The zero-order valence-electron chi connectivity index (χ0n) is 11.1. The molecule has 0 spiro atoms. The van der Waals surface area contributed by atoms with Crippen molar-refractivity contribution in [3.05, 3.63) is 35.4 Å². The zero-order chi connectivity index (χ0) is 13.8. The number of aliphatic imine (C=N–C) groups is 1. The molecule has 5 heteroatoms. The summed E-state index contributed by atoms with van der Waals surface area (Å²) in [7, 11) is 0. The molecule has 1 atom stereocenters. The van der Waals surface area contributed by atoms with E-state index in [1.165, 1.54) is 0 Å². The summed E-state index contributed by atoms with van der Waals surface area (Å²) in [6, 6.07) is 7.38. The molecule has 0 aromatic heterocycles. The summed E-state index contributed by atoms with van der Waals surface area (Å²) in [5.41, 5.74) is 1.64. The first-order chi connectivity index (χ1) is 9.13. The predicted molar refractivity (Wildman–Crippen MR) is 73.0 cm³/mol. The van der Waals surface area contributed by atoms with E-state index in [0.717, 1.165) is 17.7 Å². The highest BCUT2D eigenvalue weighted by atomic mass is 16.2. The quantitative estimate of drug-likeness (QED) is 0.784. The fourth-order valence-electron chi connectivity index (χ4n) is 2.06. The first kappa shape index (κ1) is 13.4. The fraction of sp³-hybridized carbons (Fsp3) is 0.357. The van der Waals surface area contributed by atoms with E-state index in [1.54, 1.807) is 6.07 Å². The van der Waals surface area contributed by atoms with E-state index in [0.29, 0.717) is 12.4 Å². The van der Waals surface area contributed by atoms with Crippen molar-refractivity contribution in [2.24, 2.45) is 4.99 Å². The highest BCUT2D eigenvalue weighted by Crippen LogP contribution is 2.23. The lowest BCUT2D eigenvalue weighted by atomic mass is 9.92. The molecule has 0 fully saturated rings. The van der Waals surface area contributed by atoms with Crippen molar-refractivity contribution in [3.63, 3.8) is 0 Å². The second-order valence-electron chi connectivity index (χ2n) is 4.46. The Labute approximate surface area is 112 Å². The highest BCUT2D eigenvalue weighted by molar-refractivity contribution is 6.19. The number of hydrogen-bond acceptors (Lipinski definition) is 3. The van der Waals surface area contributed by atoms with Crippen LogP contribution in [0.3, 0.4) is 0 Å². The molecule has 1 aliphatic rings. The van der Waals surface area contributed by atoms with Crippen molar-refractivity contribution in [1.29, 1.82) is 0 Å². The van der Waals surface area contributed by atoms with Crippen LogP contribution in [0, 0.1) is 6.92 Å². The number of benzene rings is 1. The highest BCUT2D eigenvalue weighted by Gasteiger charge is 2.33. The first-order valence-corrected chi connectivity index (χ1v) is 6.32. The molecule has 1 aromatic carbocycles. The second kappa shape index (κ2) is 5.75. The SMILES string of the molecule is CCNCC1=NC(=O)C(c2ccccc2C)C(=O)N1. The molecule has 2 rings (SSSR count). The number of amides is 2. The van der Waals surface area contributed by atoms with Crippen molar-refractivity contribution < 1.29 is 9.59 Å². The molecule has 0 bridgehead atoms. The average molecular weight is 259 g/mol. The maximum Gasteiger partial charge on any atom is 0.264 e. The van der Waals surface area contributed by atoms with Gasteiger partial charge in [-0.2, -0.15) is 4.99 Å². The summed E-state index contributed by atoms with van der Waals surface area (Å²) >= 11 is 0. The molecule has 0 saturated carbocycles. The number of rotatable bonds is 4. The third-order valence-corrected chi connectivity index (χ3v) is 3.06. The maximum atomic E-state index is 12.1. The van der Waals surface area contributed by atoms with Crippen LogP contribution in [0.2, 0.25) is 0 Å². The van der Waals surface area contributed by atoms with Gasteiger partial charge in [0, 0.05) is 0 Å². The van der Waals surface area contributed by atoms with Gasteiger partial charge in [-0.1, -0.05) is 31.2 Å². The van der Waals surface area contributed by atoms with Crippen LogP contribution in [-0.4, -0.2) is 30.7 Å². The monoisotopic (exact) mass is 259 g/mol. The largest absolute Gasteiger partial charge is 0.312 e. The Bertz CT molecular complexity index is 537. The van der Waals surface area contributed by atoms with Gasteiger partial charge in [-0.15, -0.1) is 0 Å². The van der Waals surface area contributed by atoms with Crippen LogP contribution in [0.15, 0.2) is 29.3 Å². The Balaban J connectivity index is 2.25.